The minimum absolute atomic E-state index is 0. The SMILES string of the molecule is CC(C)(Oc1ccc(Cl)cc1)C(=O)O.C[C@@H]1CN(c2c(F)c(N)c3c(=O)c(C(=O)O)cn(C4CC4)c3c2F)C[C@H](C)N1.[Cr]. The third-order valence-electron chi connectivity index (χ3n) is 7.11. The Kier molecular flexibility index (Phi) is 10.4. The molecule has 2 fully saturated rings. The Hall–Kier alpha value is -3.37. The zero-order chi connectivity index (χ0) is 31.1. The Morgan fingerprint density at radius 1 is 1.07 bits per heavy atom. The fraction of sp³-hybridized carbons (Fsp3) is 0.414. The molecule has 2 aliphatic rings. The van der Waals surface area contributed by atoms with Crippen LogP contribution in [0.25, 0.3) is 10.9 Å². The van der Waals surface area contributed by atoms with E-state index in [2.05, 4.69) is 5.32 Å². The second kappa shape index (κ2) is 13.1. The summed E-state index contributed by atoms with van der Waals surface area (Å²) >= 11 is 5.67. The van der Waals surface area contributed by atoms with Gasteiger partial charge in [-0.2, -0.15) is 0 Å². The number of aromatic carboxylic acids is 1. The molecule has 0 amide bonds. The van der Waals surface area contributed by atoms with Crippen molar-refractivity contribution in [2.75, 3.05) is 23.7 Å². The molecule has 0 unspecified atom stereocenters. The van der Waals surface area contributed by atoms with Gasteiger partial charge in [0.25, 0.3) is 0 Å². The van der Waals surface area contributed by atoms with Gasteiger partial charge in [0, 0.05) is 59.8 Å². The molecule has 0 radical (unpaired) electrons. The van der Waals surface area contributed by atoms with Crippen LogP contribution in [-0.2, 0) is 22.2 Å². The van der Waals surface area contributed by atoms with E-state index in [1.165, 1.54) is 18.4 Å². The Bertz CT molecular complexity index is 1590. The predicted molar refractivity (Wildman–Crippen MR) is 156 cm³/mol. The van der Waals surface area contributed by atoms with E-state index >= 15 is 8.78 Å². The third-order valence-corrected chi connectivity index (χ3v) is 7.36. The third kappa shape index (κ3) is 7.24. The van der Waals surface area contributed by atoms with E-state index in [0.29, 0.717) is 23.9 Å². The standard InChI is InChI=1S/C19H22F2N4O3.C10H11ClO3.Cr/c1-8-5-24(6-9(2)23-8)17-13(20)15(22)12-16(14(17)21)25(10-3-4-10)7-11(18(12)26)19(27)28;1-10(2,9(12)13)14-8-5-3-7(11)4-6-8;/h7-10,23H,3-6,22H2,1-2H3,(H,27,28);3-6H,1-2H3,(H,12,13);/t8-,9+;;. The van der Waals surface area contributed by atoms with Crippen molar-refractivity contribution in [1.29, 1.82) is 0 Å². The first-order chi connectivity index (χ1) is 19.6. The van der Waals surface area contributed by atoms with Crippen LogP contribution in [0.5, 0.6) is 5.75 Å². The molecule has 10 nitrogen and oxygen atoms in total. The molecule has 1 aliphatic carbocycles. The van der Waals surface area contributed by atoms with Crippen LogP contribution in [-0.4, -0.2) is 57.5 Å². The van der Waals surface area contributed by atoms with Crippen LogP contribution in [0, 0.1) is 11.6 Å². The first-order valence-electron chi connectivity index (χ1n) is 13.4. The molecule has 2 heterocycles. The number of carbonyl (C=O) groups is 2. The van der Waals surface area contributed by atoms with Crippen molar-refractivity contribution in [2.24, 2.45) is 0 Å². The summed E-state index contributed by atoms with van der Waals surface area (Å²) in [5, 5.41) is 21.6. The number of aliphatic carboxylic acids is 1. The van der Waals surface area contributed by atoms with Crippen LogP contribution in [0.15, 0.2) is 35.3 Å². The van der Waals surface area contributed by atoms with Crippen molar-refractivity contribution in [3.8, 4) is 5.75 Å². The summed E-state index contributed by atoms with van der Waals surface area (Å²) in [7, 11) is 0. The number of nitrogen functional groups attached to an aromatic ring is 1. The molecule has 2 atom stereocenters. The molecule has 3 aromatic rings. The number of carboxylic acids is 2. The zero-order valence-corrected chi connectivity index (χ0v) is 26.0. The summed E-state index contributed by atoms with van der Waals surface area (Å²) in [6, 6.07) is 6.46. The van der Waals surface area contributed by atoms with E-state index in [9.17, 15) is 19.5 Å². The first kappa shape index (κ1) is 34.1. The van der Waals surface area contributed by atoms with Crippen LogP contribution in [0.1, 0.15) is 56.9 Å². The van der Waals surface area contributed by atoms with Gasteiger partial charge in [-0.25, -0.2) is 18.4 Å². The molecule has 0 spiro atoms. The van der Waals surface area contributed by atoms with Crippen molar-refractivity contribution in [3.05, 3.63) is 62.9 Å². The van der Waals surface area contributed by atoms with Crippen LogP contribution >= 0.6 is 11.6 Å². The summed E-state index contributed by atoms with van der Waals surface area (Å²) in [5.41, 5.74) is 2.31. The number of ether oxygens (including phenoxy) is 1. The molecular weight excluding hydrogens is 626 g/mol. The van der Waals surface area contributed by atoms with Crippen LogP contribution in [0.2, 0.25) is 5.02 Å². The number of hydrogen-bond acceptors (Lipinski definition) is 7. The Morgan fingerprint density at radius 2 is 1.63 bits per heavy atom. The maximum Gasteiger partial charge on any atom is 0.347 e. The smallest absolute Gasteiger partial charge is 0.347 e. The number of halogens is 3. The maximum absolute atomic E-state index is 15.6. The summed E-state index contributed by atoms with van der Waals surface area (Å²) in [6.07, 6.45) is 2.60. The van der Waals surface area contributed by atoms with E-state index in [1.54, 1.807) is 29.2 Å². The van der Waals surface area contributed by atoms with Gasteiger partial charge in [-0.1, -0.05) is 11.6 Å². The van der Waals surface area contributed by atoms with Gasteiger partial charge in [-0.3, -0.25) is 4.79 Å². The summed E-state index contributed by atoms with van der Waals surface area (Å²) in [4.78, 5) is 36.5. The fourth-order valence-corrected chi connectivity index (χ4v) is 5.10. The molecule has 43 heavy (non-hydrogen) atoms. The summed E-state index contributed by atoms with van der Waals surface area (Å²) in [5.74, 6) is -3.86. The van der Waals surface area contributed by atoms with Crippen molar-refractivity contribution in [2.45, 2.75) is 64.3 Å². The van der Waals surface area contributed by atoms with Crippen LogP contribution in [0.3, 0.4) is 0 Å². The van der Waals surface area contributed by atoms with E-state index in [-0.39, 0.29) is 46.7 Å². The largest absolute Gasteiger partial charge is 0.478 e. The zero-order valence-electron chi connectivity index (χ0n) is 24.0. The van der Waals surface area contributed by atoms with Gasteiger partial charge >= 0.3 is 11.9 Å². The van der Waals surface area contributed by atoms with Gasteiger partial charge in [-0.15, -0.1) is 0 Å². The number of rotatable bonds is 6. The fourth-order valence-electron chi connectivity index (χ4n) is 4.97. The molecule has 5 N–H and O–H groups in total. The van der Waals surface area contributed by atoms with Gasteiger partial charge in [0.15, 0.2) is 17.2 Å². The number of pyridine rings is 1. The molecule has 0 bridgehead atoms. The number of aromatic nitrogens is 1. The van der Waals surface area contributed by atoms with Gasteiger partial charge in [-0.05, 0) is 64.8 Å². The van der Waals surface area contributed by atoms with Crippen LogP contribution in [0.4, 0.5) is 20.2 Å². The predicted octanol–water partition coefficient (Wildman–Crippen LogP) is 4.66. The van der Waals surface area contributed by atoms with Crippen molar-refractivity contribution in [1.82, 2.24) is 9.88 Å². The molecule has 1 saturated heterocycles. The van der Waals surface area contributed by atoms with E-state index in [4.69, 9.17) is 27.2 Å². The summed E-state index contributed by atoms with van der Waals surface area (Å²) < 4.78 is 37.5. The van der Waals surface area contributed by atoms with E-state index in [0.717, 1.165) is 19.0 Å². The minimum atomic E-state index is -1.45. The number of piperazine rings is 1. The minimum Gasteiger partial charge on any atom is -0.478 e. The maximum atomic E-state index is 15.6. The van der Waals surface area contributed by atoms with E-state index < -0.39 is 51.2 Å². The molecule has 1 aromatic heterocycles. The van der Waals surface area contributed by atoms with Crippen molar-refractivity contribution >= 4 is 45.8 Å². The van der Waals surface area contributed by atoms with Gasteiger partial charge in [0.1, 0.15) is 17.0 Å². The number of nitrogens with one attached hydrogen (secondary N) is 1. The number of anilines is 2. The quantitative estimate of drug-likeness (QED) is 0.278. The monoisotopic (exact) mass is 658 g/mol. The van der Waals surface area contributed by atoms with Crippen molar-refractivity contribution < 1.29 is 50.7 Å². The number of carboxylic acid groups (broad SMARTS) is 2. The molecule has 14 heteroatoms. The molecule has 1 saturated carbocycles. The number of nitrogens with zero attached hydrogens (tertiary/aromatic N) is 2. The van der Waals surface area contributed by atoms with Gasteiger partial charge < -0.3 is 35.5 Å². The van der Waals surface area contributed by atoms with Crippen LogP contribution < -0.4 is 26.1 Å². The number of nitrogens with two attached hydrogens (primary N) is 1. The first-order valence-corrected chi connectivity index (χ1v) is 13.8. The number of benzene rings is 2. The molecule has 5 rings (SSSR count). The topological polar surface area (TPSA) is 147 Å². The van der Waals surface area contributed by atoms with Crippen molar-refractivity contribution in [3.63, 3.8) is 0 Å². The Balaban J connectivity index is 0.000000287. The summed E-state index contributed by atoms with van der Waals surface area (Å²) in [6.45, 7) is 7.58. The Labute approximate surface area is 262 Å². The van der Waals surface area contributed by atoms with Gasteiger partial charge in [0.2, 0.25) is 5.43 Å². The second-order valence-electron chi connectivity index (χ2n) is 11.2. The molecule has 232 valence electrons. The number of fused-ring (bicyclic) bond motifs is 1. The van der Waals surface area contributed by atoms with E-state index in [1.807, 2.05) is 13.8 Å². The Morgan fingerprint density at radius 3 is 2.12 bits per heavy atom. The second-order valence-corrected chi connectivity index (χ2v) is 11.6. The molecular formula is C29H33ClCrF2N4O6. The van der Waals surface area contributed by atoms with Gasteiger partial charge in [0.05, 0.1) is 16.6 Å². The average molecular weight is 659 g/mol. The normalized spacial score (nSPS) is 18.3. The number of hydrogen-bond donors (Lipinski definition) is 4. The molecule has 1 aliphatic heterocycles. The molecule has 2 aromatic carbocycles. The average Bonchev–Trinajstić information content (AvgIpc) is 3.73.